The third-order valence-corrected chi connectivity index (χ3v) is 3.89. The molecule has 0 amide bonds. The summed E-state index contributed by atoms with van der Waals surface area (Å²) >= 11 is 0. The summed E-state index contributed by atoms with van der Waals surface area (Å²) < 4.78 is 4.69. The smallest absolute Gasteiger partial charge is 0.237 e. The second kappa shape index (κ2) is 9.17. The van der Waals surface area contributed by atoms with Crippen molar-refractivity contribution >= 4 is 0 Å². The molecule has 2 heteroatoms. The molecular weight excluding hydrogens is 232 g/mol. The van der Waals surface area contributed by atoms with Crippen molar-refractivity contribution in [3.8, 4) is 0 Å². The molecule has 1 heterocycles. The fourth-order valence-electron chi connectivity index (χ4n) is 2.88. The van der Waals surface area contributed by atoms with Crippen molar-refractivity contribution in [3.05, 3.63) is 18.2 Å². The van der Waals surface area contributed by atoms with E-state index >= 15 is 0 Å². The quantitative estimate of drug-likeness (QED) is 0.432. The van der Waals surface area contributed by atoms with E-state index in [0.29, 0.717) is 5.92 Å². The average Bonchev–Trinajstić information content (AvgIpc) is 2.74. The van der Waals surface area contributed by atoms with Crippen LogP contribution in [0.1, 0.15) is 83.9 Å². The SMILES string of the molecule is CCCCCCCCCC[n+]1ccn(C)c1C(C)C. The van der Waals surface area contributed by atoms with Gasteiger partial charge in [0.05, 0.1) is 19.5 Å². The number of nitrogens with zero attached hydrogens (tertiary/aromatic N) is 2. The van der Waals surface area contributed by atoms with Crippen LogP contribution in [0.4, 0.5) is 0 Å². The number of aryl methyl sites for hydroxylation is 2. The predicted octanol–water partition coefficient (Wildman–Crippen LogP) is 4.58. The molecule has 0 spiro atoms. The monoisotopic (exact) mass is 265 g/mol. The zero-order valence-electron chi connectivity index (χ0n) is 13.5. The molecule has 0 N–H and O–H groups in total. The highest BCUT2D eigenvalue weighted by Crippen LogP contribution is 2.11. The molecule has 0 fully saturated rings. The van der Waals surface area contributed by atoms with E-state index in [4.69, 9.17) is 0 Å². The molecule has 0 unspecified atom stereocenters. The highest BCUT2D eigenvalue weighted by atomic mass is 15.1. The van der Waals surface area contributed by atoms with Gasteiger partial charge in [-0.2, -0.15) is 0 Å². The van der Waals surface area contributed by atoms with Crippen molar-refractivity contribution in [2.75, 3.05) is 0 Å². The Morgan fingerprint density at radius 2 is 1.58 bits per heavy atom. The summed E-state index contributed by atoms with van der Waals surface area (Å²) in [6.07, 6.45) is 15.6. The van der Waals surface area contributed by atoms with Crippen LogP contribution in [0.2, 0.25) is 0 Å². The van der Waals surface area contributed by atoms with E-state index in [2.05, 4.69) is 49.3 Å². The molecule has 19 heavy (non-hydrogen) atoms. The average molecular weight is 265 g/mol. The van der Waals surface area contributed by atoms with Gasteiger partial charge in [-0.25, -0.2) is 9.13 Å². The molecule has 0 aliphatic rings. The Hall–Kier alpha value is -0.790. The van der Waals surface area contributed by atoms with Crippen LogP contribution in [0.15, 0.2) is 12.4 Å². The minimum atomic E-state index is 0.606. The summed E-state index contributed by atoms with van der Waals surface area (Å²) in [7, 11) is 2.15. The molecule has 0 atom stereocenters. The van der Waals surface area contributed by atoms with Gasteiger partial charge in [0.2, 0.25) is 0 Å². The molecule has 0 saturated heterocycles. The van der Waals surface area contributed by atoms with Crippen molar-refractivity contribution in [2.24, 2.45) is 7.05 Å². The molecule has 0 bridgehead atoms. The first-order valence-corrected chi connectivity index (χ1v) is 8.21. The first kappa shape index (κ1) is 16.3. The van der Waals surface area contributed by atoms with Gasteiger partial charge in [-0.15, -0.1) is 0 Å². The standard InChI is InChI=1S/C17H33N2/c1-5-6-7-8-9-10-11-12-13-19-15-14-18(4)17(19)16(2)3/h14-16H,5-13H2,1-4H3/q+1. The number of aromatic nitrogens is 2. The van der Waals surface area contributed by atoms with Gasteiger partial charge in [-0.1, -0.05) is 59.3 Å². The van der Waals surface area contributed by atoms with Gasteiger partial charge in [-0.05, 0) is 12.8 Å². The number of unbranched alkanes of at least 4 members (excludes halogenated alkanes) is 7. The summed E-state index contributed by atoms with van der Waals surface area (Å²) in [5.41, 5.74) is 0. The molecule has 2 nitrogen and oxygen atoms in total. The van der Waals surface area contributed by atoms with Crippen LogP contribution in [-0.4, -0.2) is 4.57 Å². The van der Waals surface area contributed by atoms with E-state index in [-0.39, 0.29) is 0 Å². The molecule has 0 aliphatic carbocycles. The minimum absolute atomic E-state index is 0.606. The van der Waals surface area contributed by atoms with Crippen LogP contribution in [0.3, 0.4) is 0 Å². The van der Waals surface area contributed by atoms with E-state index in [1.54, 1.807) is 0 Å². The van der Waals surface area contributed by atoms with E-state index in [0.717, 1.165) is 0 Å². The number of rotatable bonds is 10. The van der Waals surface area contributed by atoms with E-state index in [1.165, 1.54) is 63.7 Å². The summed E-state index contributed by atoms with van der Waals surface area (Å²) in [6.45, 7) is 8.02. The zero-order valence-corrected chi connectivity index (χ0v) is 13.5. The molecule has 0 saturated carbocycles. The Labute approximate surface area is 119 Å². The topological polar surface area (TPSA) is 8.81 Å². The Bertz CT molecular complexity index is 339. The van der Waals surface area contributed by atoms with Crippen LogP contribution in [0.25, 0.3) is 0 Å². The van der Waals surface area contributed by atoms with Crippen LogP contribution < -0.4 is 4.57 Å². The first-order chi connectivity index (χ1) is 9.16. The maximum absolute atomic E-state index is 2.43. The summed E-state index contributed by atoms with van der Waals surface area (Å²) in [5, 5.41) is 0. The van der Waals surface area contributed by atoms with Crippen LogP contribution in [0.5, 0.6) is 0 Å². The molecule has 1 rings (SSSR count). The molecule has 0 radical (unpaired) electrons. The summed E-state index contributed by atoms with van der Waals surface area (Å²) in [4.78, 5) is 0. The van der Waals surface area contributed by atoms with Gasteiger partial charge in [0.25, 0.3) is 5.82 Å². The molecule has 0 aliphatic heterocycles. The second-order valence-corrected chi connectivity index (χ2v) is 6.09. The largest absolute Gasteiger partial charge is 0.258 e. The highest BCUT2D eigenvalue weighted by molar-refractivity contribution is 4.88. The van der Waals surface area contributed by atoms with Crippen molar-refractivity contribution in [2.45, 2.75) is 84.6 Å². The molecule has 1 aromatic rings. The van der Waals surface area contributed by atoms with Gasteiger partial charge in [-0.3, -0.25) is 0 Å². The lowest BCUT2D eigenvalue weighted by Gasteiger charge is -2.05. The van der Waals surface area contributed by atoms with Crippen LogP contribution >= 0.6 is 0 Å². The molecule has 110 valence electrons. The molecule has 0 aromatic carbocycles. The van der Waals surface area contributed by atoms with Crippen LogP contribution in [-0.2, 0) is 13.6 Å². The summed E-state index contributed by atoms with van der Waals surface area (Å²) in [6, 6.07) is 0. The lowest BCUT2D eigenvalue weighted by atomic mass is 10.1. The molecule has 1 aromatic heterocycles. The molecular formula is C17H33N2+. The highest BCUT2D eigenvalue weighted by Gasteiger charge is 2.17. The summed E-state index contributed by atoms with van der Waals surface area (Å²) in [5.74, 6) is 2.05. The number of hydrogen-bond donors (Lipinski definition) is 0. The maximum Gasteiger partial charge on any atom is 0.258 e. The maximum atomic E-state index is 2.43. The zero-order chi connectivity index (χ0) is 14.1. The van der Waals surface area contributed by atoms with E-state index in [1.807, 2.05) is 0 Å². The Morgan fingerprint density at radius 1 is 1.00 bits per heavy atom. The normalized spacial score (nSPS) is 11.4. The predicted molar refractivity (Wildman–Crippen MR) is 82.3 cm³/mol. The van der Waals surface area contributed by atoms with Gasteiger partial charge in [0, 0.05) is 0 Å². The van der Waals surface area contributed by atoms with Gasteiger partial charge >= 0.3 is 0 Å². The van der Waals surface area contributed by atoms with Crippen molar-refractivity contribution in [1.29, 1.82) is 0 Å². The second-order valence-electron chi connectivity index (χ2n) is 6.09. The van der Waals surface area contributed by atoms with Crippen molar-refractivity contribution in [1.82, 2.24) is 4.57 Å². The van der Waals surface area contributed by atoms with E-state index in [9.17, 15) is 0 Å². The Balaban J connectivity index is 2.16. The Kier molecular flexibility index (Phi) is 7.85. The number of hydrogen-bond acceptors (Lipinski definition) is 0. The Morgan fingerprint density at radius 3 is 2.16 bits per heavy atom. The van der Waals surface area contributed by atoms with Crippen LogP contribution in [0, 0.1) is 0 Å². The van der Waals surface area contributed by atoms with Gasteiger partial charge in [0.1, 0.15) is 12.4 Å². The fourth-order valence-corrected chi connectivity index (χ4v) is 2.88. The lowest BCUT2D eigenvalue weighted by molar-refractivity contribution is -0.705. The van der Waals surface area contributed by atoms with E-state index < -0.39 is 0 Å². The van der Waals surface area contributed by atoms with Gasteiger partial charge in [0.15, 0.2) is 0 Å². The fraction of sp³-hybridized carbons (Fsp3) is 0.824. The van der Waals surface area contributed by atoms with Gasteiger partial charge < -0.3 is 0 Å². The first-order valence-electron chi connectivity index (χ1n) is 8.21. The van der Waals surface area contributed by atoms with Crippen molar-refractivity contribution in [3.63, 3.8) is 0 Å². The third-order valence-electron chi connectivity index (χ3n) is 3.89. The van der Waals surface area contributed by atoms with Crippen molar-refractivity contribution < 1.29 is 4.57 Å². The number of imidazole rings is 1. The third kappa shape index (κ3) is 5.80. The lowest BCUT2D eigenvalue weighted by Crippen LogP contribution is -2.37. The minimum Gasteiger partial charge on any atom is -0.237 e.